The van der Waals surface area contributed by atoms with Crippen LogP contribution in [0.5, 0.6) is 0 Å². The van der Waals surface area contributed by atoms with Crippen LogP contribution in [0.1, 0.15) is 169 Å². The maximum atomic E-state index is 11.4. The summed E-state index contributed by atoms with van der Waals surface area (Å²) in [6, 6.07) is 0. The van der Waals surface area contributed by atoms with Gasteiger partial charge in [-0.05, 0) is 77.0 Å². The number of carbonyl (C=O) groups is 2. The van der Waals surface area contributed by atoms with Crippen molar-refractivity contribution in [3.05, 3.63) is 24.5 Å². The van der Waals surface area contributed by atoms with Crippen molar-refractivity contribution >= 4 is 11.8 Å². The zero-order chi connectivity index (χ0) is 38.6. The molecule has 0 amide bonds. The molecule has 0 bridgehead atoms. The standard InChI is InChI=1S/C43H78O9/c1-7-9-26-38(29-34(5)24-21-19-17-15-13-11-10-12-14-16-18-20-22-25-37(45)8-2)52-39(32-50-33(3)4)27-23-28-49-40-30-36(31-51-35(6)44)41(46)43(48)42(40)47/h10-11,34,36,38-43,46-48H,3,7-9,12-32H2,1-2,4-6H3/b11-10-. The third-order valence-corrected chi connectivity index (χ3v) is 10.3. The first-order valence-corrected chi connectivity index (χ1v) is 20.9. The van der Waals surface area contributed by atoms with Crippen molar-refractivity contribution in [2.24, 2.45) is 11.8 Å². The van der Waals surface area contributed by atoms with Gasteiger partial charge in [0.15, 0.2) is 0 Å². The monoisotopic (exact) mass is 739 g/mol. The maximum Gasteiger partial charge on any atom is 0.302 e. The van der Waals surface area contributed by atoms with E-state index in [2.05, 4.69) is 32.6 Å². The van der Waals surface area contributed by atoms with Crippen molar-refractivity contribution in [3.63, 3.8) is 0 Å². The van der Waals surface area contributed by atoms with Gasteiger partial charge in [0.2, 0.25) is 0 Å². The second-order valence-corrected chi connectivity index (χ2v) is 15.4. The number of unbranched alkanes of at least 4 members (excludes halogenated alkanes) is 10. The molecule has 1 aliphatic rings. The van der Waals surface area contributed by atoms with Gasteiger partial charge < -0.3 is 34.3 Å². The number of esters is 1. The van der Waals surface area contributed by atoms with E-state index in [1.165, 1.54) is 77.6 Å². The Bertz CT molecular complexity index is 953. The number of aliphatic hydroxyl groups is 3. The van der Waals surface area contributed by atoms with Gasteiger partial charge in [0.1, 0.15) is 24.6 Å². The Morgan fingerprint density at radius 2 is 1.40 bits per heavy atom. The van der Waals surface area contributed by atoms with E-state index in [0.29, 0.717) is 49.9 Å². The third kappa shape index (κ3) is 23.8. The Balaban J connectivity index is 2.40. The van der Waals surface area contributed by atoms with E-state index in [4.69, 9.17) is 18.9 Å². The average molecular weight is 739 g/mol. The molecule has 0 aliphatic heterocycles. The lowest BCUT2D eigenvalue weighted by Gasteiger charge is -2.40. The Morgan fingerprint density at radius 3 is 2.04 bits per heavy atom. The van der Waals surface area contributed by atoms with Crippen molar-refractivity contribution in [1.29, 1.82) is 0 Å². The summed E-state index contributed by atoms with van der Waals surface area (Å²) >= 11 is 0. The smallest absolute Gasteiger partial charge is 0.302 e. The number of ketones is 1. The average Bonchev–Trinajstić information content (AvgIpc) is 3.11. The molecule has 304 valence electrons. The summed E-state index contributed by atoms with van der Waals surface area (Å²) < 4.78 is 23.6. The number of carbonyl (C=O) groups excluding carboxylic acids is 2. The first-order chi connectivity index (χ1) is 25.0. The second kappa shape index (κ2) is 30.5. The van der Waals surface area contributed by atoms with Crippen LogP contribution in [0.15, 0.2) is 24.5 Å². The zero-order valence-corrected chi connectivity index (χ0v) is 33.7. The van der Waals surface area contributed by atoms with Crippen LogP contribution in [0.3, 0.4) is 0 Å². The summed E-state index contributed by atoms with van der Waals surface area (Å²) in [6.07, 6.45) is 22.3. The Hall–Kier alpha value is -1.78. The molecule has 1 rings (SSSR count). The number of allylic oxidation sites excluding steroid dienone is 3. The second-order valence-electron chi connectivity index (χ2n) is 15.4. The van der Waals surface area contributed by atoms with Crippen LogP contribution < -0.4 is 0 Å². The van der Waals surface area contributed by atoms with Gasteiger partial charge in [-0.3, -0.25) is 9.59 Å². The number of aliphatic hydroxyl groups excluding tert-OH is 3. The van der Waals surface area contributed by atoms with Crippen molar-refractivity contribution in [3.8, 4) is 0 Å². The summed E-state index contributed by atoms with van der Waals surface area (Å²) in [7, 11) is 0. The first-order valence-electron chi connectivity index (χ1n) is 20.9. The fourth-order valence-corrected chi connectivity index (χ4v) is 6.96. The molecule has 1 fully saturated rings. The molecule has 8 atom stereocenters. The lowest BCUT2D eigenvalue weighted by atomic mass is 9.81. The van der Waals surface area contributed by atoms with E-state index in [0.717, 1.165) is 38.5 Å². The van der Waals surface area contributed by atoms with E-state index in [1.807, 2.05) is 13.8 Å². The molecule has 0 aromatic carbocycles. The lowest BCUT2D eigenvalue weighted by molar-refractivity contribution is -0.183. The molecule has 0 spiro atoms. The summed E-state index contributed by atoms with van der Waals surface area (Å²) in [5, 5.41) is 31.2. The molecule has 0 radical (unpaired) electrons. The molecule has 0 aromatic heterocycles. The molecular formula is C43H78O9. The fraction of sp³-hybridized carbons (Fsp3) is 0.860. The highest BCUT2D eigenvalue weighted by atomic mass is 16.5. The molecule has 52 heavy (non-hydrogen) atoms. The van der Waals surface area contributed by atoms with Crippen LogP contribution in [0.25, 0.3) is 0 Å². The number of hydrogen-bond donors (Lipinski definition) is 3. The minimum atomic E-state index is -1.37. The third-order valence-electron chi connectivity index (χ3n) is 10.3. The summed E-state index contributed by atoms with van der Waals surface area (Å²) in [6.45, 7) is 14.3. The quantitative estimate of drug-likeness (QED) is 0.0261. The zero-order valence-electron chi connectivity index (χ0n) is 33.7. The normalized spacial score (nSPS) is 22.3. The fourth-order valence-electron chi connectivity index (χ4n) is 6.96. The summed E-state index contributed by atoms with van der Waals surface area (Å²) in [5.74, 6) is 0.657. The van der Waals surface area contributed by atoms with Gasteiger partial charge in [-0.2, -0.15) is 0 Å². The van der Waals surface area contributed by atoms with Crippen molar-refractivity contribution in [2.45, 2.75) is 206 Å². The van der Waals surface area contributed by atoms with Crippen LogP contribution in [0.2, 0.25) is 0 Å². The molecule has 1 aliphatic carbocycles. The lowest BCUT2D eigenvalue weighted by Crippen LogP contribution is -2.55. The predicted molar refractivity (Wildman–Crippen MR) is 209 cm³/mol. The van der Waals surface area contributed by atoms with Crippen molar-refractivity contribution in [2.75, 3.05) is 19.8 Å². The Morgan fingerprint density at radius 1 is 0.769 bits per heavy atom. The number of Topliss-reactive ketones (excluding diaryl/α,β-unsaturated/α-hetero) is 1. The van der Waals surface area contributed by atoms with E-state index in [-0.39, 0.29) is 25.2 Å². The molecule has 9 heteroatoms. The highest BCUT2D eigenvalue weighted by Crippen LogP contribution is 2.29. The summed E-state index contributed by atoms with van der Waals surface area (Å²) in [4.78, 5) is 22.6. The van der Waals surface area contributed by atoms with E-state index >= 15 is 0 Å². The predicted octanol–water partition coefficient (Wildman–Crippen LogP) is 8.94. The van der Waals surface area contributed by atoms with Crippen molar-refractivity contribution in [1.82, 2.24) is 0 Å². The Kier molecular flexibility index (Phi) is 28.3. The first kappa shape index (κ1) is 48.2. The van der Waals surface area contributed by atoms with E-state index in [1.54, 1.807) is 0 Å². The molecule has 1 saturated carbocycles. The van der Waals surface area contributed by atoms with Crippen LogP contribution in [-0.4, -0.2) is 83.5 Å². The molecule has 3 N–H and O–H groups in total. The molecule has 0 saturated heterocycles. The van der Waals surface area contributed by atoms with Crippen LogP contribution in [0.4, 0.5) is 0 Å². The largest absolute Gasteiger partial charge is 0.496 e. The van der Waals surface area contributed by atoms with Crippen LogP contribution >= 0.6 is 0 Å². The van der Waals surface area contributed by atoms with Gasteiger partial charge in [0.05, 0.1) is 36.8 Å². The van der Waals surface area contributed by atoms with Crippen molar-refractivity contribution < 1.29 is 43.9 Å². The Labute approximate surface area is 317 Å². The van der Waals surface area contributed by atoms with Gasteiger partial charge in [-0.1, -0.05) is 97.3 Å². The molecule has 8 unspecified atom stereocenters. The minimum absolute atomic E-state index is 0.0312. The summed E-state index contributed by atoms with van der Waals surface area (Å²) in [5.41, 5.74) is 0. The van der Waals surface area contributed by atoms with Gasteiger partial charge in [-0.25, -0.2) is 0 Å². The van der Waals surface area contributed by atoms with Gasteiger partial charge in [0, 0.05) is 32.3 Å². The van der Waals surface area contributed by atoms with Gasteiger partial charge in [-0.15, -0.1) is 0 Å². The topological polar surface area (TPSA) is 132 Å². The molecular weight excluding hydrogens is 660 g/mol. The van der Waals surface area contributed by atoms with E-state index < -0.39 is 36.3 Å². The highest BCUT2D eigenvalue weighted by molar-refractivity contribution is 5.77. The SMILES string of the molecule is C=C(C)OCC(CCCOC1CC(COC(C)=O)C(O)C(O)C1O)OC(CCCC)CC(C)CCCCCC/C=C\CCCCCCCC(=O)CC. The highest BCUT2D eigenvalue weighted by Gasteiger charge is 2.43. The number of rotatable bonds is 33. The number of ether oxygens (including phenoxy) is 4. The maximum absolute atomic E-state index is 11.4. The van der Waals surface area contributed by atoms with Gasteiger partial charge >= 0.3 is 5.97 Å². The van der Waals surface area contributed by atoms with Crippen LogP contribution in [0, 0.1) is 11.8 Å². The molecule has 9 nitrogen and oxygen atoms in total. The number of hydrogen-bond acceptors (Lipinski definition) is 9. The molecule has 0 heterocycles. The van der Waals surface area contributed by atoms with Crippen LogP contribution in [-0.2, 0) is 28.5 Å². The molecule has 0 aromatic rings. The van der Waals surface area contributed by atoms with E-state index in [9.17, 15) is 24.9 Å². The minimum Gasteiger partial charge on any atom is -0.496 e. The van der Waals surface area contributed by atoms with Gasteiger partial charge in [0.25, 0.3) is 0 Å².